The zero-order valence-corrected chi connectivity index (χ0v) is 21.1. The van der Waals surface area contributed by atoms with Crippen molar-refractivity contribution in [2.45, 2.75) is 64.9 Å². The Morgan fingerprint density at radius 2 is 1.74 bits per heavy atom. The van der Waals surface area contributed by atoms with Crippen LogP contribution in [0.4, 0.5) is 4.39 Å². The van der Waals surface area contributed by atoms with E-state index >= 15 is 0 Å². The quantitative estimate of drug-likeness (QED) is 0.174. The van der Waals surface area contributed by atoms with Crippen LogP contribution < -0.4 is 0 Å². The number of nitrogens with zero attached hydrogens (tertiary/aromatic N) is 2. The first-order valence-electron chi connectivity index (χ1n) is 12.7. The minimum Gasteiger partial charge on any atom is -0.379 e. The minimum absolute atomic E-state index is 0.224. The molecule has 0 amide bonds. The fourth-order valence-electron chi connectivity index (χ4n) is 3.92. The maximum Gasteiger partial charge on any atom is 0.159 e. The highest BCUT2D eigenvalue weighted by Gasteiger charge is 2.08. The molecule has 1 atom stereocenters. The predicted molar refractivity (Wildman–Crippen MR) is 145 cm³/mol. The molecule has 0 radical (unpaired) electrons. The highest BCUT2D eigenvalue weighted by Crippen LogP contribution is 2.26. The maximum absolute atomic E-state index is 14.5. The van der Waals surface area contributed by atoms with Crippen LogP contribution in [-0.4, -0.2) is 22.7 Å². The number of rotatable bonds is 14. The van der Waals surface area contributed by atoms with E-state index in [0.29, 0.717) is 23.9 Å². The number of allylic oxidation sites excluding steroid dienone is 2. The summed E-state index contributed by atoms with van der Waals surface area (Å²) < 4.78 is 20.4. The van der Waals surface area contributed by atoms with Crippen molar-refractivity contribution >= 4 is 6.08 Å². The fraction of sp³-hybridized carbons (Fsp3) is 0.355. The van der Waals surface area contributed by atoms with Crippen molar-refractivity contribution in [3.8, 4) is 22.5 Å². The van der Waals surface area contributed by atoms with E-state index in [-0.39, 0.29) is 5.82 Å². The van der Waals surface area contributed by atoms with Gasteiger partial charge in [0, 0.05) is 35.7 Å². The zero-order valence-electron chi connectivity index (χ0n) is 21.1. The summed E-state index contributed by atoms with van der Waals surface area (Å²) in [5.74, 6) is 0.433. The largest absolute Gasteiger partial charge is 0.379 e. The van der Waals surface area contributed by atoms with Gasteiger partial charge in [-0.2, -0.15) is 0 Å². The van der Waals surface area contributed by atoms with Crippen molar-refractivity contribution in [1.29, 1.82) is 0 Å². The van der Waals surface area contributed by atoms with Gasteiger partial charge in [-0.1, -0.05) is 74.4 Å². The van der Waals surface area contributed by atoms with E-state index in [9.17, 15) is 4.39 Å². The van der Waals surface area contributed by atoms with Gasteiger partial charge in [0.15, 0.2) is 5.82 Å². The predicted octanol–water partition coefficient (Wildman–Crippen LogP) is 8.46. The van der Waals surface area contributed by atoms with Crippen molar-refractivity contribution in [1.82, 2.24) is 9.97 Å². The second-order valence-corrected chi connectivity index (χ2v) is 8.95. The van der Waals surface area contributed by atoms with Crippen molar-refractivity contribution in [3.05, 3.63) is 90.5 Å². The molecule has 2 aromatic carbocycles. The SMILES string of the molecule is C=CCc1ccc(-c2ccc(-c3ncc(C=CCCCC(C)OCCCCC)cn3)cc2)c(F)c1. The summed E-state index contributed by atoms with van der Waals surface area (Å²) in [6.07, 6.45) is 17.5. The van der Waals surface area contributed by atoms with Crippen LogP contribution in [0.5, 0.6) is 0 Å². The Balaban J connectivity index is 1.49. The lowest BCUT2D eigenvalue weighted by atomic mass is 10.0. The minimum atomic E-state index is -0.224. The number of hydrogen-bond donors (Lipinski definition) is 0. The number of hydrogen-bond acceptors (Lipinski definition) is 3. The van der Waals surface area contributed by atoms with Crippen LogP contribution in [0, 0.1) is 5.82 Å². The third-order valence-corrected chi connectivity index (χ3v) is 5.98. The molecule has 0 fully saturated rings. The van der Waals surface area contributed by atoms with Crippen LogP contribution in [0.3, 0.4) is 0 Å². The van der Waals surface area contributed by atoms with Crippen LogP contribution in [0.1, 0.15) is 63.5 Å². The van der Waals surface area contributed by atoms with E-state index in [2.05, 4.69) is 42.5 Å². The number of ether oxygens (including phenoxy) is 1. The molecular weight excluding hydrogens is 435 g/mol. The lowest BCUT2D eigenvalue weighted by Gasteiger charge is -2.11. The van der Waals surface area contributed by atoms with Crippen molar-refractivity contribution in [3.63, 3.8) is 0 Å². The molecule has 3 rings (SSSR count). The molecule has 4 heteroatoms. The normalized spacial score (nSPS) is 12.2. The Morgan fingerprint density at radius 3 is 2.43 bits per heavy atom. The Labute approximate surface area is 209 Å². The average molecular weight is 473 g/mol. The van der Waals surface area contributed by atoms with Gasteiger partial charge in [-0.3, -0.25) is 0 Å². The summed E-state index contributed by atoms with van der Waals surface area (Å²) in [5.41, 5.74) is 4.22. The van der Waals surface area contributed by atoms with E-state index in [4.69, 9.17) is 4.74 Å². The van der Waals surface area contributed by atoms with Crippen LogP contribution in [-0.2, 0) is 11.2 Å². The molecule has 0 spiro atoms. The van der Waals surface area contributed by atoms with Gasteiger partial charge >= 0.3 is 0 Å². The highest BCUT2D eigenvalue weighted by atomic mass is 19.1. The van der Waals surface area contributed by atoms with Gasteiger partial charge in [-0.05, 0) is 56.2 Å². The lowest BCUT2D eigenvalue weighted by molar-refractivity contribution is 0.0566. The summed E-state index contributed by atoms with van der Waals surface area (Å²) in [6, 6.07) is 13.0. The first kappa shape index (κ1) is 26.5. The summed E-state index contributed by atoms with van der Waals surface area (Å²) in [5, 5.41) is 0. The van der Waals surface area contributed by atoms with Crippen molar-refractivity contribution in [2.24, 2.45) is 0 Å². The van der Waals surface area contributed by atoms with Crippen LogP contribution >= 0.6 is 0 Å². The molecule has 1 heterocycles. The zero-order chi connectivity index (χ0) is 24.9. The van der Waals surface area contributed by atoms with E-state index in [1.807, 2.05) is 48.8 Å². The summed E-state index contributed by atoms with van der Waals surface area (Å²) >= 11 is 0. The second-order valence-electron chi connectivity index (χ2n) is 8.95. The molecule has 3 aromatic rings. The van der Waals surface area contributed by atoms with Gasteiger partial charge < -0.3 is 4.74 Å². The molecule has 0 bridgehead atoms. The first-order chi connectivity index (χ1) is 17.1. The van der Waals surface area contributed by atoms with E-state index in [0.717, 1.165) is 54.5 Å². The smallest absolute Gasteiger partial charge is 0.159 e. The molecule has 0 aliphatic carbocycles. The van der Waals surface area contributed by atoms with E-state index in [1.54, 1.807) is 12.1 Å². The molecule has 3 nitrogen and oxygen atoms in total. The molecule has 0 saturated heterocycles. The van der Waals surface area contributed by atoms with Crippen LogP contribution in [0.2, 0.25) is 0 Å². The van der Waals surface area contributed by atoms with Gasteiger partial charge in [-0.15, -0.1) is 6.58 Å². The fourth-order valence-corrected chi connectivity index (χ4v) is 3.92. The standard InChI is InChI=1S/C31H37FN2O/c1-4-6-10-20-35-24(3)12-8-7-9-13-26-22-33-31(34-23-26)28-17-15-27(16-18-28)29-19-14-25(11-5-2)21-30(29)32/h5,9,13-19,21-24H,2,4,6-8,10-12,20H2,1,3H3. The molecule has 0 N–H and O–H groups in total. The number of halogens is 1. The molecule has 1 aromatic heterocycles. The van der Waals surface area contributed by atoms with Gasteiger partial charge in [0.25, 0.3) is 0 Å². The average Bonchev–Trinajstić information content (AvgIpc) is 2.87. The Hall–Kier alpha value is -3.11. The Kier molecular flexibility index (Phi) is 10.8. The molecule has 0 aliphatic rings. The first-order valence-corrected chi connectivity index (χ1v) is 12.7. The number of aromatic nitrogens is 2. The second kappa shape index (κ2) is 14.3. The van der Waals surface area contributed by atoms with Crippen molar-refractivity contribution in [2.75, 3.05) is 6.61 Å². The number of benzene rings is 2. The topological polar surface area (TPSA) is 35.0 Å². The highest BCUT2D eigenvalue weighted by molar-refractivity contribution is 5.68. The van der Waals surface area contributed by atoms with E-state index < -0.39 is 0 Å². The summed E-state index contributed by atoms with van der Waals surface area (Å²) in [6.45, 7) is 8.95. The van der Waals surface area contributed by atoms with Gasteiger partial charge in [0.1, 0.15) is 5.82 Å². The monoisotopic (exact) mass is 472 g/mol. The molecule has 0 aliphatic heterocycles. The molecule has 35 heavy (non-hydrogen) atoms. The maximum atomic E-state index is 14.5. The molecule has 0 saturated carbocycles. The number of unbranched alkanes of at least 4 members (excludes halogenated alkanes) is 3. The summed E-state index contributed by atoms with van der Waals surface area (Å²) in [4.78, 5) is 9.02. The van der Waals surface area contributed by atoms with Gasteiger partial charge in [0.2, 0.25) is 0 Å². The Bertz CT molecular complexity index is 1070. The Morgan fingerprint density at radius 1 is 1.00 bits per heavy atom. The van der Waals surface area contributed by atoms with Crippen molar-refractivity contribution < 1.29 is 9.13 Å². The third kappa shape index (κ3) is 8.56. The van der Waals surface area contributed by atoms with E-state index in [1.165, 1.54) is 12.8 Å². The lowest BCUT2D eigenvalue weighted by Crippen LogP contribution is -2.08. The summed E-state index contributed by atoms with van der Waals surface area (Å²) in [7, 11) is 0. The third-order valence-electron chi connectivity index (χ3n) is 5.98. The molecule has 1 unspecified atom stereocenters. The van der Waals surface area contributed by atoms with Crippen LogP contribution in [0.25, 0.3) is 28.6 Å². The van der Waals surface area contributed by atoms with Crippen LogP contribution in [0.15, 0.2) is 73.6 Å². The molecule has 184 valence electrons. The molecular formula is C31H37FN2O. The van der Waals surface area contributed by atoms with Gasteiger partial charge in [0.05, 0.1) is 6.10 Å². The van der Waals surface area contributed by atoms with Gasteiger partial charge in [-0.25, -0.2) is 14.4 Å².